The summed E-state index contributed by atoms with van der Waals surface area (Å²) in [6.07, 6.45) is 5.98. The number of rotatable bonds is 4. The van der Waals surface area contributed by atoms with Crippen molar-refractivity contribution in [2.45, 2.75) is 76.5 Å². The number of anilines is 1. The quantitative estimate of drug-likeness (QED) is 0.394. The monoisotopic (exact) mass is 627 g/mol. The van der Waals surface area contributed by atoms with Crippen LogP contribution in [0.15, 0.2) is 72.8 Å². The molecule has 4 aliphatic heterocycles. The van der Waals surface area contributed by atoms with Crippen LogP contribution in [0.4, 0.5) is 5.69 Å². The number of aliphatic hydroxyl groups excluding tert-OH is 1. The third-order valence-electron chi connectivity index (χ3n) is 9.73. The smallest absolute Gasteiger partial charge is 0.313 e. The summed E-state index contributed by atoms with van der Waals surface area (Å²) in [5.41, 5.74) is 1.77. The highest BCUT2D eigenvalue weighted by Crippen LogP contribution is 2.54. The highest BCUT2D eigenvalue weighted by molar-refractivity contribution is 6.06. The number of ether oxygens (including phenoxy) is 2. The summed E-state index contributed by atoms with van der Waals surface area (Å²) >= 11 is 0. The molecule has 0 unspecified atom stereocenters. The molecule has 1 spiro atoms. The molecule has 10 heteroatoms. The van der Waals surface area contributed by atoms with E-state index in [1.165, 1.54) is 4.90 Å². The Bertz CT molecular complexity index is 1570. The van der Waals surface area contributed by atoms with Gasteiger partial charge in [0, 0.05) is 18.7 Å². The molecule has 0 saturated carbocycles. The molecule has 6 rings (SSSR count). The summed E-state index contributed by atoms with van der Waals surface area (Å²) in [6, 6.07) is 12.6. The normalized spacial score (nSPS) is 32.7. The maximum Gasteiger partial charge on any atom is 0.313 e. The number of fused-ring (bicyclic) bond motifs is 2. The first-order valence-corrected chi connectivity index (χ1v) is 16.0. The highest BCUT2D eigenvalue weighted by atomic mass is 16.6. The molecule has 2 aromatic rings. The lowest BCUT2D eigenvalue weighted by atomic mass is 9.77. The van der Waals surface area contributed by atoms with Crippen LogP contribution in [0, 0.1) is 25.7 Å². The second-order valence-corrected chi connectivity index (χ2v) is 12.8. The Kier molecular flexibility index (Phi) is 8.60. The molecule has 2 saturated heterocycles. The van der Waals surface area contributed by atoms with Gasteiger partial charge in [0.2, 0.25) is 11.8 Å². The van der Waals surface area contributed by atoms with Gasteiger partial charge in [-0.25, -0.2) is 0 Å². The number of aryl methyl sites for hydroxylation is 2. The molecule has 3 amide bonds. The molecule has 2 fully saturated rings. The number of likely N-dealkylation sites (tertiary alicyclic amines) is 1. The summed E-state index contributed by atoms with van der Waals surface area (Å²) in [7, 11) is 0. The van der Waals surface area contributed by atoms with E-state index in [9.17, 15) is 24.3 Å². The van der Waals surface area contributed by atoms with E-state index in [4.69, 9.17) is 9.47 Å². The lowest BCUT2D eigenvalue weighted by molar-refractivity contribution is -0.161. The van der Waals surface area contributed by atoms with E-state index in [0.717, 1.165) is 16.8 Å². The van der Waals surface area contributed by atoms with Crippen molar-refractivity contribution in [3.05, 3.63) is 89.5 Å². The largest absolute Gasteiger partial charge is 0.455 e. The molecule has 10 nitrogen and oxygen atoms in total. The number of cyclic esters (lactones) is 1. The van der Waals surface area contributed by atoms with Crippen LogP contribution in [-0.2, 0) is 28.7 Å². The average Bonchev–Trinajstić information content (AvgIpc) is 3.43. The molecule has 0 aliphatic carbocycles. The molecule has 0 bridgehead atoms. The number of para-hydroxylation sites is 1. The number of nitrogens with one attached hydrogen (secondary N) is 1. The van der Waals surface area contributed by atoms with Gasteiger partial charge in [0.15, 0.2) is 0 Å². The van der Waals surface area contributed by atoms with Crippen LogP contribution in [0.25, 0.3) is 0 Å². The van der Waals surface area contributed by atoms with Crippen molar-refractivity contribution in [3.8, 4) is 0 Å². The van der Waals surface area contributed by atoms with E-state index in [2.05, 4.69) is 5.32 Å². The summed E-state index contributed by atoms with van der Waals surface area (Å²) in [4.78, 5) is 59.5. The summed E-state index contributed by atoms with van der Waals surface area (Å²) < 4.78 is 13.0. The number of hydrogen-bond donors (Lipinski definition) is 2. The summed E-state index contributed by atoms with van der Waals surface area (Å²) in [6.45, 7) is 7.20. The van der Waals surface area contributed by atoms with Crippen molar-refractivity contribution >= 4 is 29.4 Å². The molecule has 46 heavy (non-hydrogen) atoms. The van der Waals surface area contributed by atoms with Gasteiger partial charge in [0.05, 0.1) is 30.7 Å². The van der Waals surface area contributed by atoms with Crippen LogP contribution in [0.3, 0.4) is 0 Å². The first-order chi connectivity index (χ1) is 22.1. The Hall–Kier alpha value is -4.28. The van der Waals surface area contributed by atoms with Crippen molar-refractivity contribution in [2.24, 2.45) is 11.8 Å². The predicted octanol–water partition coefficient (Wildman–Crippen LogP) is 3.31. The van der Waals surface area contributed by atoms with E-state index < -0.39 is 59.6 Å². The third kappa shape index (κ3) is 5.23. The number of allylic oxidation sites excluding steroid dienone is 1. The number of nitrogens with zero attached hydrogens (tertiary/aromatic N) is 2. The van der Waals surface area contributed by atoms with Gasteiger partial charge >= 0.3 is 5.97 Å². The fourth-order valence-electron chi connectivity index (χ4n) is 7.64. The summed E-state index contributed by atoms with van der Waals surface area (Å²) in [5.74, 6) is -3.80. The number of hydrogen-bond acceptors (Lipinski definition) is 7. The summed E-state index contributed by atoms with van der Waals surface area (Å²) in [5, 5.41) is 13.2. The van der Waals surface area contributed by atoms with Gasteiger partial charge < -0.3 is 29.7 Å². The van der Waals surface area contributed by atoms with Crippen LogP contribution < -0.4 is 10.2 Å². The predicted molar refractivity (Wildman–Crippen MR) is 170 cm³/mol. The van der Waals surface area contributed by atoms with Gasteiger partial charge in [-0.15, -0.1) is 0 Å². The van der Waals surface area contributed by atoms with Crippen molar-refractivity contribution in [3.63, 3.8) is 0 Å². The molecular formula is C36H41N3O7. The van der Waals surface area contributed by atoms with Crippen LogP contribution in [0.1, 0.15) is 49.5 Å². The zero-order valence-corrected chi connectivity index (χ0v) is 26.6. The minimum Gasteiger partial charge on any atom is -0.455 e. The van der Waals surface area contributed by atoms with Crippen molar-refractivity contribution in [1.82, 2.24) is 10.2 Å². The molecule has 4 aliphatic rings. The van der Waals surface area contributed by atoms with E-state index in [-0.39, 0.29) is 31.4 Å². The van der Waals surface area contributed by atoms with Crippen molar-refractivity contribution in [1.29, 1.82) is 0 Å². The zero-order valence-electron chi connectivity index (χ0n) is 26.6. The van der Waals surface area contributed by atoms with E-state index in [0.29, 0.717) is 12.0 Å². The molecule has 242 valence electrons. The first kappa shape index (κ1) is 31.7. The van der Waals surface area contributed by atoms with Gasteiger partial charge in [-0.3, -0.25) is 19.2 Å². The molecular weight excluding hydrogens is 586 g/mol. The van der Waals surface area contributed by atoms with Gasteiger partial charge in [0.1, 0.15) is 23.7 Å². The number of benzene rings is 2. The fraction of sp³-hybridized carbons (Fsp3) is 0.444. The lowest BCUT2D eigenvalue weighted by Gasteiger charge is -2.38. The third-order valence-corrected chi connectivity index (χ3v) is 9.73. The number of amides is 3. The molecule has 8 atom stereocenters. The van der Waals surface area contributed by atoms with E-state index in [1.807, 2.05) is 68.5 Å². The minimum absolute atomic E-state index is 0.179. The van der Waals surface area contributed by atoms with Gasteiger partial charge in [-0.1, -0.05) is 72.8 Å². The Morgan fingerprint density at radius 3 is 2.41 bits per heavy atom. The van der Waals surface area contributed by atoms with Crippen molar-refractivity contribution < 1.29 is 33.8 Å². The molecule has 4 heterocycles. The SMILES string of the molecule is Cc1cccc(C)c1N1CC=C[C@]23O[C@@H]4/C=C\CCC(=O)N[C@H](C)[C@@H](c5ccccc5)OC(=O)[C@@H]4[C@H]2C(=O)N([C@H](C)CO)[C@@H]3C1=O. The number of carbonyl (C=O) groups is 4. The van der Waals surface area contributed by atoms with Crippen LogP contribution in [0.5, 0.6) is 0 Å². The van der Waals surface area contributed by atoms with Crippen LogP contribution >= 0.6 is 0 Å². The van der Waals surface area contributed by atoms with Crippen LogP contribution in [0.2, 0.25) is 0 Å². The number of esters is 1. The average molecular weight is 628 g/mol. The van der Waals surface area contributed by atoms with E-state index in [1.54, 1.807) is 37.0 Å². The van der Waals surface area contributed by atoms with Gasteiger partial charge in [-0.05, 0) is 50.8 Å². The Labute approximate surface area is 269 Å². The minimum atomic E-state index is -1.50. The Balaban J connectivity index is 1.47. The second kappa shape index (κ2) is 12.5. The topological polar surface area (TPSA) is 125 Å². The Morgan fingerprint density at radius 2 is 1.72 bits per heavy atom. The second-order valence-electron chi connectivity index (χ2n) is 12.8. The maximum absolute atomic E-state index is 14.7. The molecule has 2 N–H and O–H groups in total. The lowest BCUT2D eigenvalue weighted by Crippen LogP contribution is -2.58. The Morgan fingerprint density at radius 1 is 1.00 bits per heavy atom. The van der Waals surface area contributed by atoms with Crippen molar-refractivity contribution in [2.75, 3.05) is 18.1 Å². The maximum atomic E-state index is 14.7. The van der Waals surface area contributed by atoms with Gasteiger partial charge in [-0.2, -0.15) is 0 Å². The highest BCUT2D eigenvalue weighted by Gasteiger charge is 2.72. The molecule has 0 aromatic heterocycles. The first-order valence-electron chi connectivity index (χ1n) is 16.0. The molecule has 2 aromatic carbocycles. The standard InChI is InChI=1S/C36H41N3O7/c1-21-12-10-13-22(2)30(21)38-19-11-18-36-29(33(42)39(23(3)20-40)32(36)34(38)43)28-26(46-36)16-8-9-17-27(41)37-24(4)31(45-35(28)44)25-14-6-5-7-15-25/h5-8,10-16,18,23-24,26,28-29,31-32,40H,9,17,19-20H2,1-4H3,(H,37,41)/b16-8-/t23-,24-,26-,28+,29+,31+,32-,36+/m1/s1. The zero-order chi connectivity index (χ0) is 32.7. The van der Waals surface area contributed by atoms with E-state index >= 15 is 0 Å². The number of aliphatic hydroxyl groups is 1. The molecule has 0 radical (unpaired) electrons. The fourth-order valence-corrected chi connectivity index (χ4v) is 7.64. The number of carbonyl (C=O) groups excluding carboxylic acids is 4. The van der Waals surface area contributed by atoms with Crippen LogP contribution in [-0.4, -0.2) is 76.7 Å². The van der Waals surface area contributed by atoms with Gasteiger partial charge in [0.25, 0.3) is 5.91 Å².